The Labute approximate surface area is 172 Å². The van der Waals surface area contributed by atoms with Gasteiger partial charge in [0, 0.05) is 0 Å². The van der Waals surface area contributed by atoms with Crippen molar-refractivity contribution in [3.05, 3.63) is 95.1 Å². The Hall–Kier alpha value is -3.78. The molecule has 0 saturated heterocycles. The zero-order chi connectivity index (χ0) is 21.5. The lowest BCUT2D eigenvalue weighted by Gasteiger charge is -2.13. The third-order valence-electron chi connectivity index (χ3n) is 4.84. The van der Waals surface area contributed by atoms with Crippen LogP contribution in [0.1, 0.15) is 36.6 Å². The molecule has 0 aliphatic carbocycles. The Morgan fingerprint density at radius 1 is 0.800 bits per heavy atom. The molecule has 0 unspecified atom stereocenters. The number of hydrogen-bond acceptors (Lipinski definition) is 6. The Bertz CT molecular complexity index is 1280. The van der Waals surface area contributed by atoms with Gasteiger partial charge in [-0.25, -0.2) is 8.42 Å². The van der Waals surface area contributed by atoms with E-state index in [2.05, 4.69) is 0 Å². The van der Waals surface area contributed by atoms with Crippen LogP contribution in [0.4, 0.5) is 0 Å². The molecule has 7 nitrogen and oxygen atoms in total. The van der Waals surface area contributed by atoms with Gasteiger partial charge in [0.15, 0.2) is 0 Å². The Kier molecular flexibility index (Phi) is 4.71. The molecule has 1 heterocycles. The van der Waals surface area contributed by atoms with Crippen LogP contribution in [0, 0.1) is 0 Å². The Morgan fingerprint density at radius 3 is 2.03 bits per heavy atom. The molecule has 0 radical (unpaired) electrons. The van der Waals surface area contributed by atoms with Gasteiger partial charge in [-0.3, -0.25) is 14.5 Å². The minimum absolute atomic E-state index is 0.0170. The number of benzene rings is 3. The van der Waals surface area contributed by atoms with Gasteiger partial charge in [0.05, 0.1) is 33.4 Å². The highest BCUT2D eigenvalue weighted by molar-refractivity contribution is 7.91. The highest BCUT2D eigenvalue weighted by Crippen LogP contribution is 2.29. The molecule has 0 N–H and O–H groups in total. The number of amides is 2. The van der Waals surface area contributed by atoms with Gasteiger partial charge >= 0.3 is 0 Å². The fraction of sp³-hybridized carbons (Fsp3) is 0.0455. The van der Waals surface area contributed by atoms with Crippen molar-refractivity contribution >= 4 is 27.6 Å². The molecule has 0 bridgehead atoms. The zero-order valence-corrected chi connectivity index (χ0v) is 16.3. The van der Waals surface area contributed by atoms with Crippen molar-refractivity contribution in [3.63, 3.8) is 0 Å². The summed E-state index contributed by atoms with van der Waals surface area (Å²) >= 11 is 0. The quantitative estimate of drug-likeness (QED) is 0.581. The van der Waals surface area contributed by atoms with E-state index in [1.807, 2.05) is 6.07 Å². The van der Waals surface area contributed by atoms with Crippen LogP contribution in [0.15, 0.2) is 82.6 Å². The molecule has 3 aromatic carbocycles. The first-order valence-corrected chi connectivity index (χ1v) is 10.4. The first-order chi connectivity index (χ1) is 14.3. The van der Waals surface area contributed by atoms with Crippen molar-refractivity contribution in [2.45, 2.75) is 16.3 Å². The van der Waals surface area contributed by atoms with Crippen LogP contribution < -0.4 is 5.11 Å². The van der Waals surface area contributed by atoms with E-state index in [0.717, 1.165) is 34.7 Å². The van der Waals surface area contributed by atoms with Gasteiger partial charge in [0.1, 0.15) is 0 Å². The standard InChI is InChI=1S/C22H15NO6S/c24-20-18-11-10-17(30(28,29)16-8-6-15(7-9-16)22(26)27)12-19(18)21(25)23(20)13-14-4-2-1-3-5-14/h1-12H,13H2,(H,26,27)/p-1. The first kappa shape index (κ1) is 19.5. The van der Waals surface area contributed by atoms with Crippen LogP contribution in [0.25, 0.3) is 0 Å². The zero-order valence-electron chi connectivity index (χ0n) is 15.4. The molecule has 1 aliphatic rings. The van der Waals surface area contributed by atoms with Gasteiger partial charge < -0.3 is 9.90 Å². The third kappa shape index (κ3) is 3.27. The van der Waals surface area contributed by atoms with E-state index < -0.39 is 27.6 Å². The number of imide groups is 1. The summed E-state index contributed by atoms with van der Waals surface area (Å²) in [6.07, 6.45) is 0. The maximum Gasteiger partial charge on any atom is 0.261 e. The van der Waals surface area contributed by atoms with Crippen molar-refractivity contribution in [1.29, 1.82) is 0 Å². The number of carboxylic acids is 1. The van der Waals surface area contributed by atoms with Gasteiger partial charge in [0.25, 0.3) is 11.8 Å². The molecule has 3 aromatic rings. The van der Waals surface area contributed by atoms with Crippen LogP contribution in [-0.4, -0.2) is 31.1 Å². The summed E-state index contributed by atoms with van der Waals surface area (Å²) in [6.45, 7) is 0.0833. The lowest BCUT2D eigenvalue weighted by molar-refractivity contribution is -0.255. The lowest BCUT2D eigenvalue weighted by Crippen LogP contribution is -2.29. The smallest absolute Gasteiger partial charge is 0.261 e. The second kappa shape index (κ2) is 7.23. The Morgan fingerprint density at radius 2 is 1.40 bits per heavy atom. The maximum absolute atomic E-state index is 12.9. The molecule has 150 valence electrons. The van der Waals surface area contributed by atoms with Crippen LogP contribution in [-0.2, 0) is 16.4 Å². The highest BCUT2D eigenvalue weighted by atomic mass is 32.2. The summed E-state index contributed by atoms with van der Waals surface area (Å²) in [6, 6.07) is 17.3. The molecule has 2 amide bonds. The molecule has 0 aromatic heterocycles. The molecule has 30 heavy (non-hydrogen) atoms. The minimum Gasteiger partial charge on any atom is -0.545 e. The van der Waals surface area contributed by atoms with Gasteiger partial charge in [-0.2, -0.15) is 0 Å². The number of sulfone groups is 1. The monoisotopic (exact) mass is 420 g/mol. The van der Waals surface area contributed by atoms with Crippen molar-refractivity contribution < 1.29 is 27.9 Å². The molecular formula is C22H14NO6S-. The number of rotatable bonds is 5. The number of nitrogens with zero attached hydrogens (tertiary/aromatic N) is 1. The minimum atomic E-state index is -4.02. The Balaban J connectivity index is 1.68. The van der Waals surface area contributed by atoms with Crippen LogP contribution in [0.2, 0.25) is 0 Å². The predicted octanol–water partition coefficient (Wildman–Crippen LogP) is 1.68. The summed E-state index contributed by atoms with van der Waals surface area (Å²) in [7, 11) is -4.02. The topological polar surface area (TPSA) is 112 Å². The normalized spacial score (nSPS) is 13.4. The van der Waals surface area contributed by atoms with Gasteiger partial charge in [0.2, 0.25) is 9.84 Å². The molecule has 4 rings (SSSR count). The van der Waals surface area contributed by atoms with Crippen LogP contribution in [0.5, 0.6) is 0 Å². The molecule has 0 spiro atoms. The van der Waals surface area contributed by atoms with E-state index in [4.69, 9.17) is 0 Å². The number of carbonyl (C=O) groups excluding carboxylic acids is 3. The molecule has 8 heteroatoms. The van der Waals surface area contributed by atoms with E-state index in [0.29, 0.717) is 0 Å². The largest absolute Gasteiger partial charge is 0.545 e. The summed E-state index contributed by atoms with van der Waals surface area (Å²) < 4.78 is 25.8. The second-order valence-electron chi connectivity index (χ2n) is 6.70. The van der Waals surface area contributed by atoms with Crippen molar-refractivity contribution in [2.24, 2.45) is 0 Å². The van der Waals surface area contributed by atoms with E-state index in [9.17, 15) is 27.9 Å². The molecule has 0 saturated carbocycles. The number of fused-ring (bicyclic) bond motifs is 1. The summed E-state index contributed by atoms with van der Waals surface area (Å²) in [5.74, 6) is -2.47. The average molecular weight is 420 g/mol. The van der Waals surface area contributed by atoms with Gasteiger partial charge in [-0.15, -0.1) is 0 Å². The lowest BCUT2D eigenvalue weighted by atomic mass is 10.1. The summed E-state index contributed by atoms with van der Waals surface area (Å²) in [5, 5.41) is 10.9. The van der Waals surface area contributed by atoms with Crippen molar-refractivity contribution in [3.8, 4) is 0 Å². The maximum atomic E-state index is 12.9. The van der Waals surface area contributed by atoms with Crippen LogP contribution >= 0.6 is 0 Å². The number of carbonyl (C=O) groups is 3. The number of hydrogen-bond donors (Lipinski definition) is 0. The molecule has 0 fully saturated rings. The SMILES string of the molecule is O=C([O-])c1ccc(S(=O)(=O)c2ccc3c(c2)C(=O)N(Cc2ccccc2)C3=O)cc1. The number of aromatic carboxylic acids is 1. The molecule has 0 atom stereocenters. The summed E-state index contributed by atoms with van der Waals surface area (Å²) in [4.78, 5) is 37.1. The third-order valence-corrected chi connectivity index (χ3v) is 6.60. The predicted molar refractivity (Wildman–Crippen MR) is 103 cm³/mol. The second-order valence-corrected chi connectivity index (χ2v) is 8.65. The fourth-order valence-electron chi connectivity index (χ4n) is 3.25. The first-order valence-electron chi connectivity index (χ1n) is 8.90. The van der Waals surface area contributed by atoms with Crippen molar-refractivity contribution in [1.82, 2.24) is 4.90 Å². The van der Waals surface area contributed by atoms with E-state index >= 15 is 0 Å². The van der Waals surface area contributed by atoms with E-state index in [1.54, 1.807) is 24.3 Å². The highest BCUT2D eigenvalue weighted by Gasteiger charge is 2.36. The van der Waals surface area contributed by atoms with E-state index in [1.165, 1.54) is 18.2 Å². The molecule has 1 aliphatic heterocycles. The van der Waals surface area contributed by atoms with Gasteiger partial charge in [-0.05, 0) is 41.5 Å². The van der Waals surface area contributed by atoms with E-state index in [-0.39, 0.29) is 33.0 Å². The van der Waals surface area contributed by atoms with Crippen molar-refractivity contribution in [2.75, 3.05) is 0 Å². The summed E-state index contributed by atoms with van der Waals surface area (Å²) in [5.41, 5.74) is 0.777. The fourth-order valence-corrected chi connectivity index (χ4v) is 4.54. The molecular weight excluding hydrogens is 406 g/mol. The van der Waals surface area contributed by atoms with Crippen LogP contribution in [0.3, 0.4) is 0 Å². The van der Waals surface area contributed by atoms with Gasteiger partial charge in [-0.1, -0.05) is 42.5 Å². The average Bonchev–Trinajstić information content (AvgIpc) is 2.99. The number of carboxylic acid groups (broad SMARTS) is 1.